The molecule has 0 spiro atoms. The van der Waals surface area contributed by atoms with Crippen molar-refractivity contribution in [1.29, 1.82) is 5.26 Å². The number of amides is 1. The fraction of sp³-hybridized carbons (Fsp3) is 0.261. The Balaban J connectivity index is 0.000000397. The number of nitro benzene ring substituents is 1. The highest BCUT2D eigenvalue weighted by Gasteiger charge is 2.20. The molecule has 0 aliphatic rings. The summed E-state index contributed by atoms with van der Waals surface area (Å²) in [6.45, 7) is 4.34. The molecule has 2 aromatic carbocycles. The minimum atomic E-state index is -1.10. The smallest absolute Gasteiger partial charge is 0.320 e. The van der Waals surface area contributed by atoms with Gasteiger partial charge in [-0.15, -0.1) is 0 Å². The molecule has 0 saturated carbocycles. The zero-order valence-electron chi connectivity index (χ0n) is 19.5. The summed E-state index contributed by atoms with van der Waals surface area (Å²) in [5.41, 5.74) is 5.00. The summed E-state index contributed by atoms with van der Waals surface area (Å²) in [5.74, 6) is -3.69. The molecule has 36 heavy (non-hydrogen) atoms. The lowest BCUT2D eigenvalue weighted by Gasteiger charge is -2.17. The van der Waals surface area contributed by atoms with Gasteiger partial charge < -0.3 is 36.2 Å². The second-order valence-corrected chi connectivity index (χ2v) is 7.28. The van der Waals surface area contributed by atoms with Crippen molar-refractivity contribution in [1.82, 2.24) is 4.90 Å². The van der Waals surface area contributed by atoms with Crippen molar-refractivity contribution in [3.63, 3.8) is 0 Å². The Morgan fingerprint density at radius 3 is 2.19 bits per heavy atom. The highest BCUT2D eigenvalue weighted by molar-refractivity contribution is 6.01. The Morgan fingerprint density at radius 2 is 1.72 bits per heavy atom. The van der Waals surface area contributed by atoms with E-state index >= 15 is 0 Å². The number of aromatic hydroxyl groups is 4. The molecule has 192 valence electrons. The van der Waals surface area contributed by atoms with Crippen molar-refractivity contribution in [2.24, 2.45) is 5.73 Å². The Bertz CT molecular complexity index is 1200. The van der Waals surface area contributed by atoms with E-state index in [9.17, 15) is 29.9 Å². The van der Waals surface area contributed by atoms with Crippen LogP contribution in [0.15, 0.2) is 35.9 Å². The normalized spacial score (nSPS) is 11.4. The van der Waals surface area contributed by atoms with Crippen LogP contribution in [0.4, 0.5) is 5.69 Å². The number of carbonyl (C=O) groups excluding carboxylic acids is 1. The van der Waals surface area contributed by atoms with Crippen molar-refractivity contribution in [3.8, 4) is 29.1 Å². The number of likely N-dealkylation sites (N-methyl/N-ethyl adjacent to an activating group) is 1. The molecule has 13 heteroatoms. The van der Waals surface area contributed by atoms with Gasteiger partial charge in [-0.05, 0) is 55.7 Å². The molecule has 0 heterocycles. The molecule has 2 aromatic rings. The number of carboxylic acids is 1. The minimum Gasteiger partial charge on any atom is -0.504 e. The predicted octanol–water partition coefficient (Wildman–Crippen LogP) is 1.83. The summed E-state index contributed by atoms with van der Waals surface area (Å²) in [6.07, 6.45) is 1.25. The van der Waals surface area contributed by atoms with Gasteiger partial charge in [0, 0.05) is 19.2 Å². The maximum atomic E-state index is 12.1. The van der Waals surface area contributed by atoms with Gasteiger partial charge in [-0.2, -0.15) is 5.26 Å². The van der Waals surface area contributed by atoms with Crippen molar-refractivity contribution in [2.45, 2.75) is 26.3 Å². The molecule has 0 aliphatic heterocycles. The SMILES string of the molecule is CCN(CC)C(=O)/C(C#N)=C/c1cc(O)c(O)c([N+](=O)[O-])c1.N[C@H](Cc1ccc(O)c(O)c1)C(=O)O. The molecule has 0 saturated heterocycles. The van der Waals surface area contributed by atoms with Crippen LogP contribution in [0.25, 0.3) is 6.08 Å². The summed E-state index contributed by atoms with van der Waals surface area (Å²) in [7, 11) is 0. The van der Waals surface area contributed by atoms with E-state index in [0.717, 1.165) is 18.2 Å². The number of rotatable bonds is 8. The largest absolute Gasteiger partial charge is 0.504 e. The van der Waals surface area contributed by atoms with Gasteiger partial charge >= 0.3 is 11.7 Å². The first-order chi connectivity index (χ1) is 16.9. The number of hydrogen-bond donors (Lipinski definition) is 6. The Hall–Kier alpha value is -4.83. The average Bonchev–Trinajstić information content (AvgIpc) is 2.82. The molecule has 0 aromatic heterocycles. The monoisotopic (exact) mass is 502 g/mol. The zero-order chi connectivity index (χ0) is 27.6. The molecule has 1 atom stereocenters. The fourth-order valence-corrected chi connectivity index (χ4v) is 2.87. The zero-order valence-corrected chi connectivity index (χ0v) is 19.5. The lowest BCUT2D eigenvalue weighted by atomic mass is 10.1. The third kappa shape index (κ3) is 7.89. The Kier molecular flexibility index (Phi) is 10.7. The van der Waals surface area contributed by atoms with E-state index in [1.165, 1.54) is 23.1 Å². The topological polar surface area (TPSA) is 231 Å². The van der Waals surface area contributed by atoms with Crippen molar-refractivity contribution < 1.29 is 40.0 Å². The molecular weight excluding hydrogens is 476 g/mol. The van der Waals surface area contributed by atoms with Crippen LogP contribution in [0.3, 0.4) is 0 Å². The van der Waals surface area contributed by atoms with Crippen LogP contribution >= 0.6 is 0 Å². The lowest BCUT2D eigenvalue weighted by Crippen LogP contribution is -2.32. The summed E-state index contributed by atoms with van der Waals surface area (Å²) < 4.78 is 0. The van der Waals surface area contributed by atoms with Crippen LogP contribution in [0.5, 0.6) is 23.0 Å². The number of benzene rings is 2. The maximum absolute atomic E-state index is 12.1. The number of nitrogens with zero attached hydrogens (tertiary/aromatic N) is 3. The summed E-state index contributed by atoms with van der Waals surface area (Å²) in [4.78, 5) is 33.9. The molecule has 0 radical (unpaired) electrons. The fourth-order valence-electron chi connectivity index (χ4n) is 2.87. The number of phenols is 4. The molecular formula is C23H26N4O9. The van der Waals surface area contributed by atoms with Gasteiger partial charge in [-0.3, -0.25) is 19.7 Å². The van der Waals surface area contributed by atoms with Crippen LogP contribution in [-0.2, 0) is 16.0 Å². The Labute approximate surface area is 205 Å². The number of carbonyl (C=O) groups is 2. The standard InChI is InChI=1S/C14H15N3O5.C9H11NO4/c1-3-16(4-2)14(20)10(8-15)5-9-6-11(17(21)22)13(19)12(18)7-9;10-6(9(13)14)3-5-1-2-7(11)8(12)4-5/h5-7,18-19H,3-4H2,1-2H3;1-2,4,6,11-12H,3,10H2,(H,13,14)/b10-5+;/t;6-/m.1/s1. The quantitative estimate of drug-likeness (QED) is 0.100. The van der Waals surface area contributed by atoms with Crippen molar-refractivity contribution >= 4 is 23.6 Å². The van der Waals surface area contributed by atoms with Gasteiger partial charge in [0.15, 0.2) is 17.2 Å². The third-order valence-corrected chi connectivity index (χ3v) is 4.81. The lowest BCUT2D eigenvalue weighted by molar-refractivity contribution is -0.386. The van der Waals surface area contributed by atoms with Gasteiger partial charge in [0.05, 0.1) is 4.92 Å². The third-order valence-electron chi connectivity index (χ3n) is 4.81. The first-order valence-corrected chi connectivity index (χ1v) is 10.5. The molecule has 7 N–H and O–H groups in total. The van der Waals surface area contributed by atoms with Crippen LogP contribution in [-0.4, -0.2) is 66.4 Å². The number of nitro groups is 1. The van der Waals surface area contributed by atoms with Crippen LogP contribution in [0, 0.1) is 21.4 Å². The van der Waals surface area contributed by atoms with Crippen LogP contribution in [0.2, 0.25) is 0 Å². The Morgan fingerprint density at radius 1 is 1.11 bits per heavy atom. The van der Waals surface area contributed by atoms with Gasteiger partial charge in [-0.25, -0.2) is 0 Å². The van der Waals surface area contributed by atoms with Crippen molar-refractivity contribution in [2.75, 3.05) is 13.1 Å². The molecule has 13 nitrogen and oxygen atoms in total. The number of nitriles is 1. The van der Waals surface area contributed by atoms with E-state index in [-0.39, 0.29) is 29.1 Å². The number of carboxylic acid groups (broad SMARTS) is 1. The van der Waals surface area contributed by atoms with Gasteiger partial charge in [0.2, 0.25) is 5.75 Å². The van der Waals surface area contributed by atoms with E-state index in [4.69, 9.17) is 26.3 Å². The predicted molar refractivity (Wildman–Crippen MR) is 127 cm³/mol. The molecule has 0 unspecified atom stereocenters. The molecule has 0 fully saturated rings. The van der Waals surface area contributed by atoms with Gasteiger partial charge in [-0.1, -0.05) is 6.07 Å². The van der Waals surface area contributed by atoms with E-state index in [1.54, 1.807) is 19.9 Å². The molecule has 2 rings (SSSR count). The molecule has 0 bridgehead atoms. The maximum Gasteiger partial charge on any atom is 0.320 e. The number of phenolic OH excluding ortho intramolecular Hbond substituents is 4. The van der Waals surface area contributed by atoms with Crippen LogP contribution in [0.1, 0.15) is 25.0 Å². The summed E-state index contributed by atoms with van der Waals surface area (Å²) in [5, 5.41) is 65.4. The number of aliphatic carboxylic acids is 1. The van der Waals surface area contributed by atoms with E-state index in [2.05, 4.69) is 0 Å². The first-order valence-electron chi connectivity index (χ1n) is 10.5. The van der Waals surface area contributed by atoms with E-state index in [0.29, 0.717) is 18.7 Å². The second kappa shape index (κ2) is 13.2. The van der Waals surface area contributed by atoms with Crippen LogP contribution < -0.4 is 5.73 Å². The molecule has 1 amide bonds. The van der Waals surface area contributed by atoms with Gasteiger partial charge in [0.25, 0.3) is 5.91 Å². The average molecular weight is 502 g/mol. The first kappa shape index (κ1) is 29.2. The molecule has 0 aliphatic carbocycles. The highest BCUT2D eigenvalue weighted by Crippen LogP contribution is 2.36. The van der Waals surface area contributed by atoms with Crippen molar-refractivity contribution in [3.05, 3.63) is 57.1 Å². The van der Waals surface area contributed by atoms with E-state index < -0.39 is 40.0 Å². The highest BCUT2D eigenvalue weighted by atomic mass is 16.6. The summed E-state index contributed by atoms with van der Waals surface area (Å²) in [6, 6.07) is 6.84. The summed E-state index contributed by atoms with van der Waals surface area (Å²) >= 11 is 0. The number of hydrogen-bond acceptors (Lipinski definition) is 10. The van der Waals surface area contributed by atoms with Gasteiger partial charge in [0.1, 0.15) is 17.7 Å². The minimum absolute atomic E-state index is 0.0686. The van der Waals surface area contributed by atoms with E-state index in [1.807, 2.05) is 0 Å². The second-order valence-electron chi connectivity index (χ2n) is 7.28. The number of nitrogens with two attached hydrogens (primary N) is 1.